The molecule has 0 bridgehead atoms. The van der Waals surface area contributed by atoms with Gasteiger partial charge in [-0.1, -0.05) is 93.1 Å². The zero-order chi connectivity index (χ0) is 25.0. The lowest BCUT2D eigenvalue weighted by atomic mass is 10.1. The Bertz CT molecular complexity index is 881. The number of carbonyl (C=O) groups excluding carboxylic acids is 2. The molecule has 0 saturated carbocycles. The highest BCUT2D eigenvalue weighted by Gasteiger charge is 2.05. The van der Waals surface area contributed by atoms with Gasteiger partial charge < -0.3 is 14.6 Å². The smallest absolute Gasteiger partial charge is 0.311 e. The minimum absolute atomic E-state index is 0.159. The Labute approximate surface area is 208 Å². The van der Waals surface area contributed by atoms with Crippen molar-refractivity contribution >= 4 is 11.9 Å². The van der Waals surface area contributed by atoms with Crippen LogP contribution in [0, 0.1) is 0 Å². The number of ether oxygens (including phenoxy) is 2. The van der Waals surface area contributed by atoms with Gasteiger partial charge in [-0.3, -0.25) is 9.59 Å². The van der Waals surface area contributed by atoms with Gasteiger partial charge in [0.25, 0.3) is 0 Å². The van der Waals surface area contributed by atoms with E-state index in [1.807, 2.05) is 42.5 Å². The maximum absolute atomic E-state index is 11.7. The lowest BCUT2D eigenvalue weighted by molar-refractivity contribution is -0.135. The Balaban J connectivity index is 0.000000527. The van der Waals surface area contributed by atoms with Crippen LogP contribution in [-0.2, 0) is 9.59 Å². The van der Waals surface area contributed by atoms with Gasteiger partial charge in [-0.15, -0.1) is 0 Å². The van der Waals surface area contributed by atoms with Crippen LogP contribution in [0.25, 0.3) is 0 Å². The molecule has 0 saturated heterocycles. The van der Waals surface area contributed by atoms with Crippen molar-refractivity contribution in [3.8, 4) is 17.2 Å². The molecule has 0 radical (unpaired) electrons. The summed E-state index contributed by atoms with van der Waals surface area (Å²) in [6, 6.07) is 27.1. The molecule has 0 fully saturated rings. The Kier molecular flexibility index (Phi) is 14.1. The number of rotatable bonds is 13. The van der Waals surface area contributed by atoms with E-state index < -0.39 is 0 Å². The highest BCUT2D eigenvalue weighted by Crippen LogP contribution is 2.14. The summed E-state index contributed by atoms with van der Waals surface area (Å²) in [6.45, 7) is 0. The molecule has 1 N–H and O–H groups in total. The molecule has 0 aromatic heterocycles. The Morgan fingerprint density at radius 1 is 0.486 bits per heavy atom. The summed E-state index contributed by atoms with van der Waals surface area (Å²) in [6.07, 6.45) is 9.39. The summed E-state index contributed by atoms with van der Waals surface area (Å²) in [7, 11) is 0. The number of phenolic OH excluding ortho intramolecular Hbond substituents is 1. The van der Waals surface area contributed by atoms with Crippen LogP contribution in [0.3, 0.4) is 0 Å². The molecule has 3 aromatic carbocycles. The second-order valence-corrected chi connectivity index (χ2v) is 8.24. The molecule has 0 amide bonds. The fourth-order valence-corrected chi connectivity index (χ4v) is 3.37. The number of carbonyl (C=O) groups is 2. The van der Waals surface area contributed by atoms with Crippen molar-refractivity contribution in [2.45, 2.75) is 64.2 Å². The second-order valence-electron chi connectivity index (χ2n) is 8.24. The van der Waals surface area contributed by atoms with Gasteiger partial charge in [0.2, 0.25) is 0 Å². The standard InChI is InChI=1S/C24H30O4.C6H6O/c25-23(27-21-15-9-7-10-16-21)19-13-5-3-1-2-4-6-14-20-24(26)28-22-17-11-8-12-18-22;7-6-4-2-1-3-5-6/h7-12,15-18H,1-6,13-14,19-20H2;1-5,7H. The SMILES string of the molecule is O=C(CCCCCCCCCCC(=O)Oc1ccccc1)Oc1ccccc1.Oc1ccccc1. The monoisotopic (exact) mass is 476 g/mol. The molecule has 5 heteroatoms. The highest BCUT2D eigenvalue weighted by atomic mass is 16.5. The first-order chi connectivity index (χ1) is 17.1. The maximum atomic E-state index is 11.7. The molecule has 5 nitrogen and oxygen atoms in total. The molecule has 0 aliphatic heterocycles. The molecule has 0 aliphatic carbocycles. The number of phenols is 1. The number of hydrogen-bond acceptors (Lipinski definition) is 5. The zero-order valence-corrected chi connectivity index (χ0v) is 20.3. The van der Waals surface area contributed by atoms with Crippen LogP contribution in [0.15, 0.2) is 91.0 Å². The van der Waals surface area contributed by atoms with E-state index in [-0.39, 0.29) is 11.9 Å². The van der Waals surface area contributed by atoms with Gasteiger partial charge in [0.1, 0.15) is 17.2 Å². The molecule has 0 unspecified atom stereocenters. The quantitative estimate of drug-likeness (QED) is 0.157. The van der Waals surface area contributed by atoms with Gasteiger partial charge in [-0.25, -0.2) is 0 Å². The Hall–Kier alpha value is -3.60. The summed E-state index contributed by atoms with van der Waals surface area (Å²) < 4.78 is 10.5. The fourth-order valence-electron chi connectivity index (χ4n) is 3.37. The van der Waals surface area contributed by atoms with Crippen molar-refractivity contribution in [2.75, 3.05) is 0 Å². The lowest BCUT2D eigenvalue weighted by Gasteiger charge is -2.05. The minimum atomic E-state index is -0.159. The van der Waals surface area contributed by atoms with Crippen molar-refractivity contribution in [1.82, 2.24) is 0 Å². The van der Waals surface area contributed by atoms with Crippen molar-refractivity contribution in [3.05, 3.63) is 91.0 Å². The molecule has 3 rings (SSSR count). The van der Waals surface area contributed by atoms with Gasteiger partial charge >= 0.3 is 11.9 Å². The predicted octanol–water partition coefficient (Wildman–Crippen LogP) is 7.49. The number of aromatic hydroxyl groups is 1. The highest BCUT2D eigenvalue weighted by molar-refractivity contribution is 5.72. The molecule has 0 aliphatic rings. The largest absolute Gasteiger partial charge is 0.508 e. The van der Waals surface area contributed by atoms with Crippen LogP contribution in [0.4, 0.5) is 0 Å². The van der Waals surface area contributed by atoms with E-state index in [9.17, 15) is 9.59 Å². The van der Waals surface area contributed by atoms with Crippen LogP contribution in [0.5, 0.6) is 17.2 Å². The average Bonchev–Trinajstić information content (AvgIpc) is 2.87. The van der Waals surface area contributed by atoms with Crippen molar-refractivity contribution in [1.29, 1.82) is 0 Å². The topological polar surface area (TPSA) is 72.8 Å². The molecule has 3 aromatic rings. The third-order valence-corrected chi connectivity index (χ3v) is 5.22. The van der Waals surface area contributed by atoms with Crippen LogP contribution < -0.4 is 9.47 Å². The summed E-state index contributed by atoms with van der Waals surface area (Å²) in [5.74, 6) is 1.23. The van der Waals surface area contributed by atoms with Crippen LogP contribution in [0.1, 0.15) is 64.2 Å². The number of esters is 2. The predicted molar refractivity (Wildman–Crippen MR) is 138 cm³/mol. The van der Waals surface area contributed by atoms with Crippen molar-refractivity contribution in [2.24, 2.45) is 0 Å². The fraction of sp³-hybridized carbons (Fsp3) is 0.333. The van der Waals surface area contributed by atoms with E-state index in [0.717, 1.165) is 38.5 Å². The van der Waals surface area contributed by atoms with Crippen molar-refractivity contribution < 1.29 is 24.2 Å². The molecule has 0 heterocycles. The molecule has 35 heavy (non-hydrogen) atoms. The molecular formula is C30H36O5. The van der Waals surface area contributed by atoms with Gasteiger partial charge in [-0.2, -0.15) is 0 Å². The Morgan fingerprint density at radius 2 is 0.800 bits per heavy atom. The summed E-state index contributed by atoms with van der Waals surface area (Å²) in [4.78, 5) is 23.5. The molecular weight excluding hydrogens is 440 g/mol. The van der Waals surface area contributed by atoms with Gasteiger partial charge in [-0.05, 0) is 49.2 Å². The number of benzene rings is 3. The van der Waals surface area contributed by atoms with Gasteiger partial charge in [0, 0.05) is 12.8 Å². The number of unbranched alkanes of at least 4 members (excludes halogenated alkanes) is 7. The van der Waals surface area contributed by atoms with E-state index in [4.69, 9.17) is 14.6 Å². The Morgan fingerprint density at radius 3 is 1.11 bits per heavy atom. The lowest BCUT2D eigenvalue weighted by Crippen LogP contribution is -2.07. The third-order valence-electron chi connectivity index (χ3n) is 5.22. The van der Waals surface area contributed by atoms with E-state index in [0.29, 0.717) is 30.1 Å². The third kappa shape index (κ3) is 14.3. The first-order valence-corrected chi connectivity index (χ1v) is 12.4. The number of para-hydroxylation sites is 3. The van der Waals surface area contributed by atoms with E-state index in [1.54, 1.807) is 48.5 Å². The summed E-state index contributed by atoms with van der Waals surface area (Å²) in [5.41, 5.74) is 0. The van der Waals surface area contributed by atoms with E-state index in [2.05, 4.69) is 0 Å². The summed E-state index contributed by atoms with van der Waals surface area (Å²) >= 11 is 0. The zero-order valence-electron chi connectivity index (χ0n) is 20.3. The first kappa shape index (κ1) is 27.6. The minimum Gasteiger partial charge on any atom is -0.508 e. The van der Waals surface area contributed by atoms with Crippen molar-refractivity contribution in [3.63, 3.8) is 0 Å². The van der Waals surface area contributed by atoms with Crippen LogP contribution in [-0.4, -0.2) is 17.0 Å². The molecule has 186 valence electrons. The maximum Gasteiger partial charge on any atom is 0.311 e. The number of hydrogen-bond donors (Lipinski definition) is 1. The van der Waals surface area contributed by atoms with E-state index in [1.165, 1.54) is 12.8 Å². The van der Waals surface area contributed by atoms with Crippen LogP contribution >= 0.6 is 0 Å². The average molecular weight is 477 g/mol. The first-order valence-electron chi connectivity index (χ1n) is 12.4. The normalized spacial score (nSPS) is 10.1. The van der Waals surface area contributed by atoms with E-state index >= 15 is 0 Å². The summed E-state index contributed by atoms with van der Waals surface area (Å²) in [5, 5.41) is 8.63. The van der Waals surface area contributed by atoms with Gasteiger partial charge in [0.05, 0.1) is 0 Å². The van der Waals surface area contributed by atoms with Gasteiger partial charge in [0.15, 0.2) is 0 Å². The second kappa shape index (κ2) is 17.8. The van der Waals surface area contributed by atoms with Crippen LogP contribution in [0.2, 0.25) is 0 Å². The molecule has 0 spiro atoms. The molecule has 0 atom stereocenters.